The van der Waals surface area contributed by atoms with Crippen molar-refractivity contribution in [1.82, 2.24) is 20.1 Å². The van der Waals surface area contributed by atoms with Gasteiger partial charge in [-0.15, -0.1) is 10.2 Å². The lowest BCUT2D eigenvalue weighted by Gasteiger charge is -2.16. The molecule has 0 spiro atoms. The highest BCUT2D eigenvalue weighted by atomic mass is 35.5. The molecule has 1 atom stereocenters. The van der Waals surface area contributed by atoms with Crippen molar-refractivity contribution in [3.63, 3.8) is 0 Å². The van der Waals surface area contributed by atoms with Crippen LogP contribution in [0.1, 0.15) is 36.9 Å². The molecular weight excluding hydrogens is 420 g/mol. The first-order valence-electron chi connectivity index (χ1n) is 9.77. The van der Waals surface area contributed by atoms with Gasteiger partial charge in [0.15, 0.2) is 17.1 Å². The van der Waals surface area contributed by atoms with Crippen molar-refractivity contribution >= 4 is 29.3 Å². The maximum atomic E-state index is 12.2. The van der Waals surface area contributed by atoms with Gasteiger partial charge in [-0.3, -0.25) is 4.79 Å². The number of benzene rings is 2. The Labute approximate surface area is 186 Å². The number of hydrogen-bond donors (Lipinski definition) is 1. The Bertz CT molecular complexity index is 994. The third-order valence-corrected chi connectivity index (χ3v) is 5.92. The molecule has 8 heteroatoms. The minimum Gasteiger partial charge on any atom is -0.483 e. The van der Waals surface area contributed by atoms with Gasteiger partial charge in [-0.05, 0) is 50.1 Å². The van der Waals surface area contributed by atoms with E-state index in [1.165, 1.54) is 11.8 Å². The van der Waals surface area contributed by atoms with Crippen LogP contribution in [0.4, 0.5) is 0 Å². The van der Waals surface area contributed by atoms with E-state index in [9.17, 15) is 4.79 Å². The summed E-state index contributed by atoms with van der Waals surface area (Å²) in [6.45, 7) is 7.08. The van der Waals surface area contributed by atoms with Gasteiger partial charge in [-0.2, -0.15) is 0 Å². The first kappa shape index (κ1) is 22.2. The Morgan fingerprint density at radius 1 is 1.23 bits per heavy atom. The second-order valence-electron chi connectivity index (χ2n) is 6.81. The van der Waals surface area contributed by atoms with E-state index >= 15 is 0 Å². The van der Waals surface area contributed by atoms with E-state index < -0.39 is 0 Å². The molecule has 0 aliphatic carbocycles. The Morgan fingerprint density at radius 2 is 2.00 bits per heavy atom. The molecule has 1 amide bonds. The van der Waals surface area contributed by atoms with Crippen molar-refractivity contribution < 1.29 is 9.53 Å². The first-order chi connectivity index (χ1) is 14.5. The number of hydrogen-bond acceptors (Lipinski definition) is 5. The maximum Gasteiger partial charge on any atom is 0.230 e. The molecule has 0 saturated carbocycles. The summed E-state index contributed by atoms with van der Waals surface area (Å²) in [6.07, 6.45) is -0.292. The predicted octanol–water partition coefficient (Wildman–Crippen LogP) is 4.81. The van der Waals surface area contributed by atoms with Crippen molar-refractivity contribution in [2.45, 2.75) is 45.1 Å². The summed E-state index contributed by atoms with van der Waals surface area (Å²) in [7, 11) is 0. The van der Waals surface area contributed by atoms with Crippen molar-refractivity contribution in [2.75, 3.05) is 5.75 Å². The van der Waals surface area contributed by atoms with Crippen LogP contribution in [0.25, 0.3) is 0 Å². The van der Waals surface area contributed by atoms with E-state index in [1.54, 1.807) is 0 Å². The number of amides is 1. The highest BCUT2D eigenvalue weighted by Crippen LogP contribution is 2.27. The van der Waals surface area contributed by atoms with Gasteiger partial charge in [0.25, 0.3) is 0 Å². The largest absolute Gasteiger partial charge is 0.483 e. The van der Waals surface area contributed by atoms with Gasteiger partial charge in [0, 0.05) is 18.1 Å². The van der Waals surface area contributed by atoms with E-state index in [2.05, 4.69) is 15.5 Å². The summed E-state index contributed by atoms with van der Waals surface area (Å²) in [5.74, 6) is 1.68. The second kappa shape index (κ2) is 10.5. The minimum atomic E-state index is -0.292. The van der Waals surface area contributed by atoms with E-state index in [0.29, 0.717) is 23.3 Å². The molecule has 1 aromatic heterocycles. The monoisotopic (exact) mass is 444 g/mol. The van der Waals surface area contributed by atoms with E-state index in [4.69, 9.17) is 16.3 Å². The Kier molecular flexibility index (Phi) is 7.76. The normalized spacial score (nSPS) is 11.9. The van der Waals surface area contributed by atoms with E-state index in [0.717, 1.165) is 22.7 Å². The zero-order valence-electron chi connectivity index (χ0n) is 17.3. The first-order valence-corrected chi connectivity index (χ1v) is 11.1. The van der Waals surface area contributed by atoms with Gasteiger partial charge in [0.1, 0.15) is 5.75 Å². The summed E-state index contributed by atoms with van der Waals surface area (Å²) >= 11 is 7.45. The molecule has 158 valence electrons. The van der Waals surface area contributed by atoms with E-state index in [-0.39, 0.29) is 17.8 Å². The Hall–Kier alpha value is -2.51. The lowest BCUT2D eigenvalue weighted by atomic mass is 10.2. The number of thioether (sulfide) groups is 1. The molecule has 0 aliphatic rings. The molecule has 0 radical (unpaired) electrons. The molecule has 6 nitrogen and oxygen atoms in total. The molecule has 2 aromatic carbocycles. The summed E-state index contributed by atoms with van der Waals surface area (Å²) < 4.78 is 8.01. The lowest BCUT2D eigenvalue weighted by molar-refractivity contribution is -0.118. The third kappa shape index (κ3) is 5.77. The third-order valence-electron chi connectivity index (χ3n) is 4.53. The van der Waals surface area contributed by atoms with Crippen molar-refractivity contribution in [3.8, 4) is 5.75 Å². The average Bonchev–Trinajstić information content (AvgIpc) is 3.17. The number of carbonyl (C=O) groups excluding carboxylic acids is 1. The molecule has 1 unspecified atom stereocenters. The van der Waals surface area contributed by atoms with Crippen molar-refractivity contribution in [3.05, 3.63) is 70.5 Å². The van der Waals surface area contributed by atoms with Crippen LogP contribution in [0.3, 0.4) is 0 Å². The summed E-state index contributed by atoms with van der Waals surface area (Å²) in [5.41, 5.74) is 2.02. The number of nitrogens with one attached hydrogen (secondary N) is 1. The van der Waals surface area contributed by atoms with Crippen LogP contribution in [0.15, 0.2) is 53.7 Å². The second-order valence-corrected chi connectivity index (χ2v) is 8.16. The van der Waals surface area contributed by atoms with Gasteiger partial charge >= 0.3 is 0 Å². The van der Waals surface area contributed by atoms with Gasteiger partial charge in [-0.25, -0.2) is 0 Å². The zero-order chi connectivity index (χ0) is 21.5. The van der Waals surface area contributed by atoms with Crippen LogP contribution in [0.2, 0.25) is 5.02 Å². The number of aromatic nitrogens is 3. The van der Waals surface area contributed by atoms with Crippen LogP contribution in [-0.2, 0) is 17.9 Å². The molecular formula is C22H25ClN4O2S. The topological polar surface area (TPSA) is 69.0 Å². The quantitative estimate of drug-likeness (QED) is 0.480. The molecule has 30 heavy (non-hydrogen) atoms. The van der Waals surface area contributed by atoms with Crippen LogP contribution in [0, 0.1) is 6.92 Å². The highest BCUT2D eigenvalue weighted by molar-refractivity contribution is 7.99. The van der Waals surface area contributed by atoms with Crippen LogP contribution >= 0.6 is 23.4 Å². The molecule has 0 aliphatic heterocycles. The van der Waals surface area contributed by atoms with Gasteiger partial charge < -0.3 is 14.6 Å². The Balaban J connectivity index is 1.59. The number of aryl methyl sites for hydroxylation is 1. The zero-order valence-corrected chi connectivity index (χ0v) is 18.8. The maximum absolute atomic E-state index is 12.2. The number of halogens is 1. The van der Waals surface area contributed by atoms with Gasteiger partial charge in [0.2, 0.25) is 5.91 Å². The molecule has 3 aromatic rings. The van der Waals surface area contributed by atoms with Crippen molar-refractivity contribution in [1.29, 1.82) is 0 Å². The van der Waals surface area contributed by atoms with Gasteiger partial charge in [0.05, 0.1) is 5.75 Å². The summed E-state index contributed by atoms with van der Waals surface area (Å²) in [6, 6.07) is 15.4. The fourth-order valence-corrected chi connectivity index (χ4v) is 3.89. The minimum absolute atomic E-state index is 0.0444. The highest BCUT2D eigenvalue weighted by Gasteiger charge is 2.19. The van der Waals surface area contributed by atoms with Crippen molar-refractivity contribution in [2.24, 2.45) is 0 Å². The Morgan fingerprint density at radius 3 is 2.70 bits per heavy atom. The predicted molar refractivity (Wildman–Crippen MR) is 120 cm³/mol. The molecule has 0 bridgehead atoms. The number of nitrogens with zero attached hydrogens (tertiary/aromatic N) is 3. The molecule has 0 saturated heterocycles. The summed E-state index contributed by atoms with van der Waals surface area (Å²) in [5, 5.41) is 12.9. The number of rotatable bonds is 9. The van der Waals surface area contributed by atoms with Crippen LogP contribution in [-0.4, -0.2) is 26.4 Å². The molecule has 1 heterocycles. The van der Waals surface area contributed by atoms with Crippen LogP contribution < -0.4 is 10.1 Å². The fraction of sp³-hybridized carbons (Fsp3) is 0.318. The summed E-state index contributed by atoms with van der Waals surface area (Å²) in [4.78, 5) is 12.2. The number of ether oxygens (including phenoxy) is 1. The average molecular weight is 445 g/mol. The molecule has 3 rings (SSSR count). The van der Waals surface area contributed by atoms with E-state index in [1.807, 2.05) is 73.9 Å². The lowest BCUT2D eigenvalue weighted by Crippen LogP contribution is -2.24. The van der Waals surface area contributed by atoms with Gasteiger partial charge in [-0.1, -0.05) is 53.7 Å². The number of carbonyl (C=O) groups is 1. The standard InChI is InChI=1S/C22H25ClN4O2S/c1-4-27-21(16(3)29-18-10-11-19(23)15(2)12-18)25-26-22(27)30-14-20(28)24-13-17-8-6-5-7-9-17/h5-12,16H,4,13-14H2,1-3H3,(H,24,28). The SMILES string of the molecule is CCn1c(SCC(=O)NCc2ccccc2)nnc1C(C)Oc1ccc(Cl)c(C)c1. The smallest absolute Gasteiger partial charge is 0.230 e. The molecule has 0 fully saturated rings. The van der Waals surface area contributed by atoms with Crippen LogP contribution in [0.5, 0.6) is 5.75 Å². The fourth-order valence-electron chi connectivity index (χ4n) is 2.93. The molecule has 1 N–H and O–H groups in total.